The molecule has 0 unspecified atom stereocenters. The Bertz CT molecular complexity index is 858. The number of carbonyl (C=O) groups is 1. The summed E-state index contributed by atoms with van der Waals surface area (Å²) >= 11 is 0. The first-order valence-electron chi connectivity index (χ1n) is 9.66. The van der Waals surface area contributed by atoms with Crippen molar-refractivity contribution in [1.29, 1.82) is 0 Å². The number of fused-ring (bicyclic) bond motifs is 1. The second kappa shape index (κ2) is 9.76. The van der Waals surface area contributed by atoms with Gasteiger partial charge in [0.05, 0.1) is 17.6 Å². The molecule has 0 spiro atoms. The van der Waals surface area contributed by atoms with Gasteiger partial charge in [0, 0.05) is 25.9 Å². The van der Waals surface area contributed by atoms with E-state index in [1.165, 1.54) is 5.52 Å². The van der Waals surface area contributed by atoms with Crippen LogP contribution in [0.4, 0.5) is 0 Å². The molecule has 5 heteroatoms. The van der Waals surface area contributed by atoms with E-state index in [9.17, 15) is 4.79 Å². The molecule has 3 rings (SSSR count). The zero-order valence-corrected chi connectivity index (χ0v) is 15.9. The van der Waals surface area contributed by atoms with Crippen LogP contribution in [-0.4, -0.2) is 28.6 Å². The van der Waals surface area contributed by atoms with Gasteiger partial charge in [-0.1, -0.05) is 37.3 Å². The van der Waals surface area contributed by atoms with Crippen LogP contribution in [0.2, 0.25) is 0 Å². The molecule has 3 aromatic rings. The lowest BCUT2D eigenvalue weighted by molar-refractivity contribution is -0.121. The third kappa shape index (κ3) is 5.33. The first-order chi connectivity index (χ1) is 13.3. The largest absolute Gasteiger partial charge is 0.494 e. The maximum atomic E-state index is 12.0. The summed E-state index contributed by atoms with van der Waals surface area (Å²) in [4.78, 5) is 16.8. The maximum Gasteiger partial charge on any atom is 0.220 e. The molecule has 27 heavy (non-hydrogen) atoms. The summed E-state index contributed by atoms with van der Waals surface area (Å²) in [7, 11) is 0. The van der Waals surface area contributed by atoms with E-state index in [0.29, 0.717) is 26.0 Å². The van der Waals surface area contributed by atoms with Crippen molar-refractivity contribution in [2.24, 2.45) is 0 Å². The highest BCUT2D eigenvalue weighted by molar-refractivity contribution is 5.76. The predicted molar refractivity (Wildman–Crippen MR) is 108 cm³/mol. The Hall–Kier alpha value is -2.82. The van der Waals surface area contributed by atoms with Crippen LogP contribution in [0.15, 0.2) is 54.6 Å². The summed E-state index contributed by atoms with van der Waals surface area (Å²) in [6, 6.07) is 17.9. The second-order valence-electron chi connectivity index (χ2n) is 6.53. The molecular formula is C22H27N3O2. The van der Waals surface area contributed by atoms with Gasteiger partial charge in [-0.05, 0) is 37.1 Å². The van der Waals surface area contributed by atoms with Crippen molar-refractivity contribution in [3.8, 4) is 5.75 Å². The van der Waals surface area contributed by atoms with Gasteiger partial charge < -0.3 is 14.6 Å². The van der Waals surface area contributed by atoms with Gasteiger partial charge in [0.15, 0.2) is 0 Å². The fourth-order valence-electron chi connectivity index (χ4n) is 3.13. The van der Waals surface area contributed by atoms with Crippen molar-refractivity contribution in [2.45, 2.75) is 39.2 Å². The number of nitrogens with zero attached hydrogens (tertiary/aromatic N) is 2. The highest BCUT2D eigenvalue weighted by atomic mass is 16.5. The molecule has 0 aliphatic carbocycles. The molecule has 0 aliphatic heterocycles. The van der Waals surface area contributed by atoms with Crippen molar-refractivity contribution in [3.05, 3.63) is 60.4 Å². The smallest absolute Gasteiger partial charge is 0.220 e. The van der Waals surface area contributed by atoms with Crippen LogP contribution in [0, 0.1) is 0 Å². The van der Waals surface area contributed by atoms with Crippen LogP contribution >= 0.6 is 0 Å². The summed E-state index contributed by atoms with van der Waals surface area (Å²) < 4.78 is 7.87. The van der Waals surface area contributed by atoms with Gasteiger partial charge >= 0.3 is 0 Å². The van der Waals surface area contributed by atoms with Gasteiger partial charge in [-0.2, -0.15) is 0 Å². The highest BCUT2D eigenvalue weighted by Crippen LogP contribution is 2.16. The van der Waals surface area contributed by atoms with Gasteiger partial charge in [-0.15, -0.1) is 0 Å². The molecule has 1 N–H and O–H groups in total. The summed E-state index contributed by atoms with van der Waals surface area (Å²) in [6.07, 6.45) is 2.97. The number of hydrogen-bond donors (Lipinski definition) is 1. The molecule has 1 aromatic heterocycles. The van der Waals surface area contributed by atoms with E-state index in [1.54, 1.807) is 0 Å². The number of hydrogen-bond acceptors (Lipinski definition) is 3. The van der Waals surface area contributed by atoms with Crippen LogP contribution in [0.1, 0.15) is 32.0 Å². The van der Waals surface area contributed by atoms with Crippen LogP contribution in [0.3, 0.4) is 0 Å². The van der Waals surface area contributed by atoms with E-state index in [0.717, 1.165) is 36.5 Å². The normalized spacial score (nSPS) is 10.9. The third-order valence-corrected chi connectivity index (χ3v) is 4.41. The van der Waals surface area contributed by atoms with Crippen LogP contribution in [0.5, 0.6) is 5.75 Å². The SMILES string of the molecule is CCCn1c(CCNC(=O)CCCOc2ccccc2)nc2ccccc21. The minimum Gasteiger partial charge on any atom is -0.494 e. The van der Waals surface area contributed by atoms with Crippen molar-refractivity contribution >= 4 is 16.9 Å². The monoisotopic (exact) mass is 365 g/mol. The van der Waals surface area contributed by atoms with Crippen molar-refractivity contribution in [1.82, 2.24) is 14.9 Å². The number of benzene rings is 2. The summed E-state index contributed by atoms with van der Waals surface area (Å²) in [5.41, 5.74) is 2.18. The molecule has 1 amide bonds. The summed E-state index contributed by atoms with van der Waals surface area (Å²) in [5, 5.41) is 3.00. The summed E-state index contributed by atoms with van der Waals surface area (Å²) in [5.74, 6) is 1.93. The number of rotatable bonds is 10. The molecule has 142 valence electrons. The Balaban J connectivity index is 1.42. The van der Waals surface area contributed by atoms with Gasteiger partial charge in [0.1, 0.15) is 11.6 Å². The zero-order chi connectivity index (χ0) is 18.9. The van der Waals surface area contributed by atoms with E-state index in [2.05, 4.69) is 22.9 Å². The van der Waals surface area contributed by atoms with Crippen LogP contribution < -0.4 is 10.1 Å². The summed E-state index contributed by atoms with van der Waals surface area (Å²) in [6.45, 7) is 4.26. The lowest BCUT2D eigenvalue weighted by Gasteiger charge is -2.09. The molecule has 0 aliphatic rings. The van der Waals surface area contributed by atoms with Crippen molar-refractivity contribution < 1.29 is 9.53 Å². The van der Waals surface area contributed by atoms with Gasteiger partial charge in [-0.25, -0.2) is 4.98 Å². The Morgan fingerprint density at radius 1 is 1.11 bits per heavy atom. The van der Waals surface area contributed by atoms with Crippen molar-refractivity contribution in [2.75, 3.05) is 13.2 Å². The minimum absolute atomic E-state index is 0.0600. The Kier molecular flexibility index (Phi) is 6.85. The molecule has 0 saturated carbocycles. The number of nitrogens with one attached hydrogen (secondary N) is 1. The van der Waals surface area contributed by atoms with E-state index in [1.807, 2.05) is 48.5 Å². The average molecular weight is 365 g/mol. The Morgan fingerprint density at radius 3 is 2.70 bits per heavy atom. The zero-order valence-electron chi connectivity index (χ0n) is 15.9. The van der Waals surface area contributed by atoms with Crippen LogP contribution in [-0.2, 0) is 17.8 Å². The fraction of sp³-hybridized carbons (Fsp3) is 0.364. The molecule has 0 atom stereocenters. The van der Waals surface area contributed by atoms with Gasteiger partial charge in [0.2, 0.25) is 5.91 Å². The number of para-hydroxylation sites is 3. The van der Waals surface area contributed by atoms with Gasteiger partial charge in [0.25, 0.3) is 0 Å². The number of aryl methyl sites for hydroxylation is 1. The highest BCUT2D eigenvalue weighted by Gasteiger charge is 2.10. The van der Waals surface area contributed by atoms with E-state index < -0.39 is 0 Å². The molecular weight excluding hydrogens is 338 g/mol. The quantitative estimate of drug-likeness (QED) is 0.553. The standard InChI is InChI=1S/C22H27N3O2/c1-2-16-25-20-12-7-6-11-19(20)24-21(25)14-15-23-22(26)13-8-17-27-18-9-4-3-5-10-18/h3-7,9-12H,2,8,13-17H2,1H3,(H,23,26). The molecule has 0 saturated heterocycles. The molecule has 0 radical (unpaired) electrons. The molecule has 0 fully saturated rings. The predicted octanol–water partition coefficient (Wildman–Crippen LogP) is 3.96. The molecule has 1 heterocycles. The van der Waals surface area contributed by atoms with E-state index in [4.69, 9.17) is 9.72 Å². The average Bonchev–Trinajstić information content (AvgIpc) is 3.04. The molecule has 0 bridgehead atoms. The first-order valence-corrected chi connectivity index (χ1v) is 9.66. The molecule has 2 aromatic carbocycles. The first kappa shape index (κ1) is 19.0. The van der Waals surface area contributed by atoms with Crippen molar-refractivity contribution in [3.63, 3.8) is 0 Å². The van der Waals surface area contributed by atoms with E-state index in [-0.39, 0.29) is 5.91 Å². The Morgan fingerprint density at radius 2 is 1.89 bits per heavy atom. The number of ether oxygens (including phenoxy) is 1. The lowest BCUT2D eigenvalue weighted by Crippen LogP contribution is -2.26. The third-order valence-electron chi connectivity index (χ3n) is 4.41. The fourth-order valence-corrected chi connectivity index (χ4v) is 3.13. The Labute approximate surface area is 160 Å². The maximum absolute atomic E-state index is 12.0. The number of aromatic nitrogens is 2. The van der Waals surface area contributed by atoms with Gasteiger partial charge in [-0.3, -0.25) is 4.79 Å². The number of amides is 1. The minimum atomic E-state index is 0.0600. The lowest BCUT2D eigenvalue weighted by atomic mass is 10.3. The molecule has 5 nitrogen and oxygen atoms in total. The topological polar surface area (TPSA) is 56.2 Å². The van der Waals surface area contributed by atoms with Crippen LogP contribution in [0.25, 0.3) is 11.0 Å². The van der Waals surface area contributed by atoms with E-state index >= 15 is 0 Å². The second-order valence-corrected chi connectivity index (χ2v) is 6.53. The number of imidazole rings is 1. The number of carbonyl (C=O) groups excluding carboxylic acids is 1.